The number of benzene rings is 1. The second kappa shape index (κ2) is 8.42. The molecule has 0 bridgehead atoms. The molecular formula is C19H26N4O3. The number of carbonyl (C=O) groups is 1. The van der Waals surface area contributed by atoms with Crippen molar-refractivity contribution in [3.63, 3.8) is 0 Å². The third-order valence-corrected chi connectivity index (χ3v) is 5.04. The first-order valence-electron chi connectivity index (χ1n) is 8.97. The highest BCUT2D eigenvalue weighted by Crippen LogP contribution is 2.35. The molecule has 140 valence electrons. The molecule has 2 aromatic rings. The summed E-state index contributed by atoms with van der Waals surface area (Å²) in [4.78, 5) is 19.7. The molecule has 1 aliphatic heterocycles. The van der Waals surface area contributed by atoms with Gasteiger partial charge < -0.3 is 19.5 Å². The summed E-state index contributed by atoms with van der Waals surface area (Å²) < 4.78 is 10.2. The van der Waals surface area contributed by atoms with Crippen LogP contribution >= 0.6 is 0 Å². The number of hydrogen-bond acceptors (Lipinski definition) is 6. The van der Waals surface area contributed by atoms with Crippen molar-refractivity contribution < 1.29 is 14.1 Å². The van der Waals surface area contributed by atoms with E-state index in [4.69, 9.17) is 9.26 Å². The molecule has 0 saturated carbocycles. The maximum absolute atomic E-state index is 13.1. The second-order valence-corrected chi connectivity index (χ2v) is 6.78. The summed E-state index contributed by atoms with van der Waals surface area (Å²) in [5.74, 6) is 1.04. The third-order valence-electron chi connectivity index (χ3n) is 5.04. The Morgan fingerprint density at radius 3 is 2.73 bits per heavy atom. The van der Waals surface area contributed by atoms with E-state index in [1.165, 1.54) is 0 Å². The Labute approximate surface area is 153 Å². The van der Waals surface area contributed by atoms with Gasteiger partial charge in [0.05, 0.1) is 25.0 Å². The molecule has 0 atom stereocenters. The van der Waals surface area contributed by atoms with Gasteiger partial charge in [0.1, 0.15) is 0 Å². The molecule has 1 N–H and O–H groups in total. The molecule has 26 heavy (non-hydrogen) atoms. The van der Waals surface area contributed by atoms with E-state index in [1.807, 2.05) is 30.3 Å². The topological polar surface area (TPSA) is 80.5 Å². The van der Waals surface area contributed by atoms with Gasteiger partial charge in [-0.2, -0.15) is 4.98 Å². The largest absolute Gasteiger partial charge is 0.384 e. The van der Waals surface area contributed by atoms with Crippen LogP contribution in [-0.2, 0) is 27.9 Å². The molecule has 1 fully saturated rings. The summed E-state index contributed by atoms with van der Waals surface area (Å²) in [5.41, 5.74) is 0.565. The fourth-order valence-corrected chi connectivity index (χ4v) is 3.39. The van der Waals surface area contributed by atoms with Crippen molar-refractivity contribution in [2.75, 3.05) is 33.9 Å². The Morgan fingerprint density at radius 1 is 1.31 bits per heavy atom. The van der Waals surface area contributed by atoms with Gasteiger partial charge in [0.25, 0.3) is 0 Å². The van der Waals surface area contributed by atoms with E-state index in [0.717, 1.165) is 31.5 Å². The average Bonchev–Trinajstić information content (AvgIpc) is 3.14. The number of amides is 1. The van der Waals surface area contributed by atoms with Gasteiger partial charge >= 0.3 is 0 Å². The molecular weight excluding hydrogens is 332 g/mol. The minimum Gasteiger partial charge on any atom is -0.384 e. The van der Waals surface area contributed by atoms with Crippen molar-refractivity contribution in [1.82, 2.24) is 20.4 Å². The molecule has 3 rings (SSSR count). The van der Waals surface area contributed by atoms with Crippen LogP contribution in [0.25, 0.3) is 0 Å². The Morgan fingerprint density at radius 2 is 2.04 bits per heavy atom. The zero-order valence-electron chi connectivity index (χ0n) is 15.4. The highest BCUT2D eigenvalue weighted by Gasteiger charge is 2.42. The summed E-state index contributed by atoms with van der Waals surface area (Å²) in [7, 11) is 3.72. The molecule has 0 unspecified atom stereocenters. The standard InChI is InChI=1S/C19H26N4O3/c1-23-11-9-19(10-12-23,15-6-4-3-5-7-15)18(24)20-14-16-21-17(26-22-16)8-13-25-2/h3-7H,8-14H2,1-2H3,(H,20,24). The number of hydrogen-bond donors (Lipinski definition) is 1. The zero-order chi connectivity index (χ0) is 18.4. The van der Waals surface area contributed by atoms with Gasteiger partial charge in [-0.3, -0.25) is 4.79 Å². The van der Waals surface area contributed by atoms with Crippen LogP contribution in [0.4, 0.5) is 0 Å². The maximum atomic E-state index is 13.1. The van der Waals surface area contributed by atoms with Crippen LogP contribution in [0.1, 0.15) is 30.1 Å². The molecule has 7 nitrogen and oxygen atoms in total. The SMILES string of the molecule is COCCc1nc(CNC(=O)C2(c3ccccc3)CCN(C)CC2)no1. The van der Waals surface area contributed by atoms with Gasteiger partial charge in [0.15, 0.2) is 5.82 Å². The van der Waals surface area contributed by atoms with Gasteiger partial charge in [0.2, 0.25) is 11.8 Å². The van der Waals surface area contributed by atoms with Crippen molar-refractivity contribution in [1.29, 1.82) is 0 Å². The molecule has 1 aliphatic rings. The monoisotopic (exact) mass is 358 g/mol. The number of methoxy groups -OCH3 is 1. The molecule has 1 amide bonds. The molecule has 2 heterocycles. The van der Waals surface area contributed by atoms with E-state index in [-0.39, 0.29) is 12.5 Å². The Hall–Kier alpha value is -2.25. The van der Waals surface area contributed by atoms with Crippen LogP contribution in [0.3, 0.4) is 0 Å². The van der Waals surface area contributed by atoms with Crippen molar-refractivity contribution in [3.05, 3.63) is 47.6 Å². The van der Waals surface area contributed by atoms with E-state index in [1.54, 1.807) is 7.11 Å². The molecule has 1 aromatic heterocycles. The number of likely N-dealkylation sites (tertiary alicyclic amines) is 1. The van der Waals surface area contributed by atoms with E-state index >= 15 is 0 Å². The fraction of sp³-hybridized carbons (Fsp3) is 0.526. The van der Waals surface area contributed by atoms with Crippen LogP contribution in [0.15, 0.2) is 34.9 Å². The van der Waals surface area contributed by atoms with Crippen LogP contribution < -0.4 is 5.32 Å². The predicted octanol–water partition coefficient (Wildman–Crippen LogP) is 1.54. The van der Waals surface area contributed by atoms with E-state index in [0.29, 0.717) is 24.7 Å². The van der Waals surface area contributed by atoms with Crippen molar-refractivity contribution in [2.45, 2.75) is 31.2 Å². The number of nitrogens with zero attached hydrogens (tertiary/aromatic N) is 3. The second-order valence-electron chi connectivity index (χ2n) is 6.78. The lowest BCUT2D eigenvalue weighted by atomic mass is 9.72. The number of rotatable bonds is 7. The minimum absolute atomic E-state index is 0.0278. The fourth-order valence-electron chi connectivity index (χ4n) is 3.39. The van der Waals surface area contributed by atoms with E-state index in [2.05, 4.69) is 27.4 Å². The van der Waals surface area contributed by atoms with Crippen LogP contribution in [-0.4, -0.2) is 54.8 Å². The Balaban J connectivity index is 1.69. The first-order chi connectivity index (χ1) is 12.6. The lowest BCUT2D eigenvalue weighted by Gasteiger charge is -2.39. The number of ether oxygens (including phenoxy) is 1. The maximum Gasteiger partial charge on any atom is 0.231 e. The van der Waals surface area contributed by atoms with Gasteiger partial charge in [-0.1, -0.05) is 35.5 Å². The van der Waals surface area contributed by atoms with Crippen molar-refractivity contribution in [2.24, 2.45) is 0 Å². The first kappa shape index (κ1) is 18.5. The lowest BCUT2D eigenvalue weighted by Crippen LogP contribution is -2.50. The number of piperidine rings is 1. The predicted molar refractivity (Wildman–Crippen MR) is 96.6 cm³/mol. The Kier molecular flexibility index (Phi) is 6.00. The van der Waals surface area contributed by atoms with E-state index < -0.39 is 5.41 Å². The lowest BCUT2D eigenvalue weighted by molar-refractivity contribution is -0.128. The summed E-state index contributed by atoms with van der Waals surface area (Å²) >= 11 is 0. The van der Waals surface area contributed by atoms with Gasteiger partial charge in [-0.25, -0.2) is 0 Å². The minimum atomic E-state index is -0.504. The highest BCUT2D eigenvalue weighted by molar-refractivity contribution is 5.88. The molecule has 0 spiro atoms. The van der Waals surface area contributed by atoms with Crippen molar-refractivity contribution >= 4 is 5.91 Å². The van der Waals surface area contributed by atoms with Crippen LogP contribution in [0, 0.1) is 0 Å². The van der Waals surface area contributed by atoms with Crippen LogP contribution in [0.2, 0.25) is 0 Å². The third kappa shape index (κ3) is 4.11. The number of carbonyl (C=O) groups excluding carboxylic acids is 1. The molecule has 7 heteroatoms. The summed E-state index contributed by atoms with van der Waals surface area (Å²) in [6.07, 6.45) is 2.16. The van der Waals surface area contributed by atoms with E-state index in [9.17, 15) is 4.79 Å². The molecule has 1 saturated heterocycles. The average molecular weight is 358 g/mol. The van der Waals surface area contributed by atoms with Gasteiger partial charge in [-0.05, 0) is 38.5 Å². The summed E-state index contributed by atoms with van der Waals surface area (Å²) in [6, 6.07) is 10.0. The summed E-state index contributed by atoms with van der Waals surface area (Å²) in [5, 5.41) is 6.95. The summed E-state index contributed by atoms with van der Waals surface area (Å²) in [6.45, 7) is 2.58. The first-order valence-corrected chi connectivity index (χ1v) is 8.97. The smallest absolute Gasteiger partial charge is 0.231 e. The molecule has 1 aromatic carbocycles. The number of nitrogens with one attached hydrogen (secondary N) is 1. The Bertz CT molecular complexity index is 709. The van der Waals surface area contributed by atoms with Crippen LogP contribution in [0.5, 0.6) is 0 Å². The van der Waals surface area contributed by atoms with Crippen molar-refractivity contribution in [3.8, 4) is 0 Å². The quantitative estimate of drug-likeness (QED) is 0.809. The highest BCUT2D eigenvalue weighted by atomic mass is 16.5. The normalized spacial score (nSPS) is 17.2. The molecule has 0 radical (unpaired) electrons. The van der Waals surface area contributed by atoms with Gasteiger partial charge in [0, 0.05) is 7.11 Å². The van der Waals surface area contributed by atoms with Gasteiger partial charge in [-0.15, -0.1) is 0 Å². The zero-order valence-corrected chi connectivity index (χ0v) is 15.4. The number of aromatic nitrogens is 2. The molecule has 0 aliphatic carbocycles.